The minimum absolute atomic E-state index is 0.104. The van der Waals surface area contributed by atoms with Crippen molar-refractivity contribution in [2.75, 3.05) is 6.54 Å². The number of amides is 1. The Morgan fingerprint density at radius 1 is 0.923 bits per heavy atom. The molecular weight excluding hydrogens is 324 g/mol. The van der Waals surface area contributed by atoms with E-state index in [1.54, 1.807) is 18.2 Å². The highest BCUT2D eigenvalue weighted by molar-refractivity contribution is 5.95. The van der Waals surface area contributed by atoms with Gasteiger partial charge in [0.2, 0.25) is 0 Å². The van der Waals surface area contributed by atoms with Crippen LogP contribution in [0, 0.1) is 0 Å². The molecule has 0 saturated carbocycles. The first-order valence-corrected chi connectivity index (χ1v) is 10.1. The summed E-state index contributed by atoms with van der Waals surface area (Å²) < 4.78 is 0. The van der Waals surface area contributed by atoms with Gasteiger partial charge in [0.1, 0.15) is 17.0 Å². The molecule has 0 aliphatic heterocycles. The van der Waals surface area contributed by atoms with Gasteiger partial charge in [0.05, 0.1) is 0 Å². The van der Waals surface area contributed by atoms with Crippen LogP contribution in [0.3, 0.4) is 0 Å². The first-order chi connectivity index (χ1) is 12.7. The second-order valence-corrected chi connectivity index (χ2v) is 6.98. The van der Waals surface area contributed by atoms with E-state index in [9.17, 15) is 9.90 Å². The summed E-state index contributed by atoms with van der Waals surface area (Å²) >= 11 is 0. The zero-order valence-corrected chi connectivity index (χ0v) is 16.0. The Morgan fingerprint density at radius 2 is 1.58 bits per heavy atom. The predicted octanol–water partition coefficient (Wildman–Crippen LogP) is 5.59. The molecule has 0 spiro atoms. The van der Waals surface area contributed by atoms with Gasteiger partial charge in [-0.25, -0.2) is 4.98 Å². The lowest BCUT2D eigenvalue weighted by atomic mass is 10.1. The molecule has 1 aromatic heterocycles. The number of para-hydroxylation sites is 1. The van der Waals surface area contributed by atoms with Gasteiger partial charge in [-0.3, -0.25) is 4.79 Å². The highest BCUT2D eigenvalue weighted by Crippen LogP contribution is 2.22. The van der Waals surface area contributed by atoms with Crippen molar-refractivity contribution in [3.05, 3.63) is 36.0 Å². The van der Waals surface area contributed by atoms with Crippen LogP contribution in [0.15, 0.2) is 30.3 Å². The van der Waals surface area contributed by atoms with Gasteiger partial charge in [0.25, 0.3) is 5.91 Å². The van der Waals surface area contributed by atoms with Crippen molar-refractivity contribution in [3.8, 4) is 5.75 Å². The van der Waals surface area contributed by atoms with Crippen molar-refractivity contribution in [3.63, 3.8) is 0 Å². The Hall–Kier alpha value is -2.10. The maximum atomic E-state index is 12.2. The molecule has 1 aromatic carbocycles. The third-order valence-corrected chi connectivity index (χ3v) is 4.75. The molecule has 0 aliphatic rings. The van der Waals surface area contributed by atoms with E-state index in [4.69, 9.17) is 0 Å². The maximum Gasteiger partial charge on any atom is 0.269 e. The van der Waals surface area contributed by atoms with Crippen molar-refractivity contribution in [1.82, 2.24) is 10.3 Å². The first-order valence-electron chi connectivity index (χ1n) is 10.1. The lowest BCUT2D eigenvalue weighted by Gasteiger charge is -2.06. The van der Waals surface area contributed by atoms with Crippen molar-refractivity contribution in [2.45, 2.75) is 71.1 Å². The van der Waals surface area contributed by atoms with Crippen LogP contribution in [-0.2, 0) is 0 Å². The van der Waals surface area contributed by atoms with E-state index in [1.165, 1.54) is 51.4 Å². The number of nitrogens with one attached hydrogen (secondary N) is 1. The van der Waals surface area contributed by atoms with Crippen LogP contribution in [0.4, 0.5) is 0 Å². The van der Waals surface area contributed by atoms with Crippen molar-refractivity contribution in [1.29, 1.82) is 0 Å². The summed E-state index contributed by atoms with van der Waals surface area (Å²) in [6.07, 6.45) is 12.8. The Bertz CT molecular complexity index is 685. The average molecular weight is 357 g/mol. The molecule has 142 valence electrons. The van der Waals surface area contributed by atoms with Gasteiger partial charge in [-0.05, 0) is 18.6 Å². The SMILES string of the molecule is CCCCCCCCCCCCNC(=O)c1ccc2cccc(O)c2n1. The molecule has 1 heterocycles. The number of phenols is 1. The smallest absolute Gasteiger partial charge is 0.269 e. The third kappa shape index (κ3) is 6.66. The Morgan fingerprint density at radius 3 is 2.27 bits per heavy atom. The number of unbranched alkanes of at least 4 members (excludes halogenated alkanes) is 9. The number of aromatic hydroxyl groups is 1. The first kappa shape index (κ1) is 20.2. The number of hydrogen-bond acceptors (Lipinski definition) is 3. The monoisotopic (exact) mass is 356 g/mol. The van der Waals surface area contributed by atoms with Crippen LogP contribution < -0.4 is 5.32 Å². The van der Waals surface area contributed by atoms with Crippen molar-refractivity contribution in [2.24, 2.45) is 0 Å². The Kier molecular flexibility index (Phi) is 8.94. The van der Waals surface area contributed by atoms with Crippen LogP contribution in [0.2, 0.25) is 0 Å². The molecule has 2 aromatic rings. The van der Waals surface area contributed by atoms with Crippen molar-refractivity contribution >= 4 is 16.8 Å². The minimum atomic E-state index is -0.175. The minimum Gasteiger partial charge on any atom is -0.506 e. The molecule has 0 atom stereocenters. The average Bonchev–Trinajstić information content (AvgIpc) is 2.66. The summed E-state index contributed by atoms with van der Waals surface area (Å²) in [6, 6.07) is 8.74. The highest BCUT2D eigenvalue weighted by Gasteiger charge is 2.09. The van der Waals surface area contributed by atoms with E-state index in [2.05, 4.69) is 17.2 Å². The fourth-order valence-electron chi connectivity index (χ4n) is 3.16. The van der Waals surface area contributed by atoms with Gasteiger partial charge in [-0.1, -0.05) is 82.9 Å². The number of nitrogens with zero attached hydrogens (tertiary/aromatic N) is 1. The van der Waals surface area contributed by atoms with E-state index >= 15 is 0 Å². The van der Waals surface area contributed by atoms with Crippen LogP contribution in [0.25, 0.3) is 10.9 Å². The van der Waals surface area contributed by atoms with Gasteiger partial charge in [0.15, 0.2) is 0 Å². The molecule has 0 radical (unpaired) electrons. The topological polar surface area (TPSA) is 62.2 Å². The molecule has 4 heteroatoms. The highest BCUT2D eigenvalue weighted by atomic mass is 16.3. The summed E-state index contributed by atoms with van der Waals surface area (Å²) in [4.78, 5) is 16.5. The number of aromatic nitrogens is 1. The van der Waals surface area contributed by atoms with Gasteiger partial charge >= 0.3 is 0 Å². The molecule has 26 heavy (non-hydrogen) atoms. The second kappa shape index (κ2) is 11.5. The number of fused-ring (bicyclic) bond motifs is 1. The standard InChI is InChI=1S/C22H32N2O2/c1-2-3-4-5-6-7-8-9-10-11-17-23-22(26)19-16-15-18-13-12-14-20(25)21(18)24-19/h12-16,25H,2-11,17H2,1H3,(H,23,26). The van der Waals surface area contributed by atoms with Gasteiger partial charge in [-0.15, -0.1) is 0 Å². The molecule has 0 fully saturated rings. The van der Waals surface area contributed by atoms with E-state index < -0.39 is 0 Å². The molecule has 0 unspecified atom stereocenters. The fraction of sp³-hybridized carbons (Fsp3) is 0.545. The summed E-state index contributed by atoms with van der Waals surface area (Å²) in [7, 11) is 0. The van der Waals surface area contributed by atoms with Crippen LogP contribution in [0.5, 0.6) is 5.75 Å². The maximum absolute atomic E-state index is 12.2. The second-order valence-electron chi connectivity index (χ2n) is 6.98. The molecule has 0 bridgehead atoms. The normalized spacial score (nSPS) is 11.0. The predicted molar refractivity (Wildman–Crippen MR) is 108 cm³/mol. The lowest BCUT2D eigenvalue weighted by Crippen LogP contribution is -2.25. The van der Waals surface area contributed by atoms with Crippen LogP contribution in [0.1, 0.15) is 81.6 Å². The van der Waals surface area contributed by atoms with E-state index in [0.29, 0.717) is 17.8 Å². The van der Waals surface area contributed by atoms with Crippen LogP contribution in [-0.4, -0.2) is 22.5 Å². The van der Waals surface area contributed by atoms with Crippen LogP contribution >= 0.6 is 0 Å². The van der Waals surface area contributed by atoms with E-state index in [1.807, 2.05) is 12.1 Å². The quantitative estimate of drug-likeness (QED) is 0.487. The lowest BCUT2D eigenvalue weighted by molar-refractivity contribution is 0.0948. The Balaban J connectivity index is 1.60. The number of hydrogen-bond donors (Lipinski definition) is 2. The molecule has 2 N–H and O–H groups in total. The summed E-state index contributed by atoms with van der Waals surface area (Å²) in [5, 5.41) is 13.6. The molecule has 2 rings (SSSR count). The largest absolute Gasteiger partial charge is 0.506 e. The van der Waals surface area contributed by atoms with Gasteiger partial charge in [0, 0.05) is 11.9 Å². The number of benzene rings is 1. The summed E-state index contributed by atoms with van der Waals surface area (Å²) in [5.41, 5.74) is 0.824. The molecular formula is C22H32N2O2. The van der Waals surface area contributed by atoms with Gasteiger partial charge < -0.3 is 10.4 Å². The molecule has 0 saturated heterocycles. The van der Waals surface area contributed by atoms with E-state index in [-0.39, 0.29) is 11.7 Å². The number of phenolic OH excluding ortho intramolecular Hbond substituents is 1. The number of carbonyl (C=O) groups is 1. The number of carbonyl (C=O) groups excluding carboxylic acids is 1. The zero-order valence-electron chi connectivity index (χ0n) is 16.0. The molecule has 4 nitrogen and oxygen atoms in total. The molecule has 1 amide bonds. The summed E-state index contributed by atoms with van der Waals surface area (Å²) in [5.74, 6) is -0.0714. The third-order valence-electron chi connectivity index (χ3n) is 4.75. The Labute approximate surface area is 157 Å². The van der Waals surface area contributed by atoms with E-state index in [0.717, 1.165) is 18.2 Å². The van der Waals surface area contributed by atoms with Gasteiger partial charge in [-0.2, -0.15) is 0 Å². The zero-order chi connectivity index (χ0) is 18.6. The number of pyridine rings is 1. The van der Waals surface area contributed by atoms with Crippen molar-refractivity contribution < 1.29 is 9.90 Å². The summed E-state index contributed by atoms with van der Waals surface area (Å²) in [6.45, 7) is 2.93. The fourth-order valence-corrected chi connectivity index (χ4v) is 3.16. The number of rotatable bonds is 12. The molecule has 0 aliphatic carbocycles.